The number of aliphatic hydroxyl groups is 1. The van der Waals surface area contributed by atoms with Crippen LogP contribution in [0.25, 0.3) is 0 Å². The van der Waals surface area contributed by atoms with Crippen molar-refractivity contribution in [1.29, 1.82) is 0 Å². The Kier molecular flexibility index (Phi) is 5.32. The lowest BCUT2D eigenvalue weighted by atomic mass is 10.1. The molecular formula is C14H24N4O2S. The monoisotopic (exact) mass is 312 g/mol. The number of carbonyl (C=O) groups is 1. The first-order chi connectivity index (χ1) is 9.89. The van der Waals surface area contributed by atoms with Gasteiger partial charge in [0.2, 0.25) is 0 Å². The van der Waals surface area contributed by atoms with Crippen LogP contribution >= 0.6 is 11.3 Å². The first kappa shape index (κ1) is 16.4. The van der Waals surface area contributed by atoms with Crippen LogP contribution in [0.1, 0.15) is 29.3 Å². The Morgan fingerprint density at radius 3 is 2.67 bits per heavy atom. The predicted molar refractivity (Wildman–Crippen MR) is 83.5 cm³/mol. The summed E-state index contributed by atoms with van der Waals surface area (Å²) < 4.78 is 0. The van der Waals surface area contributed by atoms with Gasteiger partial charge in [0.25, 0.3) is 5.91 Å². The maximum absolute atomic E-state index is 12.4. The molecule has 0 saturated carbocycles. The van der Waals surface area contributed by atoms with E-state index in [-0.39, 0.29) is 5.91 Å². The zero-order valence-corrected chi connectivity index (χ0v) is 13.5. The summed E-state index contributed by atoms with van der Waals surface area (Å²) in [5.41, 5.74) is 5.33. The Hall–Kier alpha value is -1.02. The SMILES string of the molecule is CC(C)(O)CN1CCN(C(=O)c2csc(CCN)n2)CC1. The fraction of sp³-hybridized carbons (Fsp3) is 0.714. The van der Waals surface area contributed by atoms with E-state index in [0.29, 0.717) is 31.9 Å². The quantitative estimate of drug-likeness (QED) is 0.810. The highest BCUT2D eigenvalue weighted by Crippen LogP contribution is 2.14. The van der Waals surface area contributed by atoms with Gasteiger partial charge >= 0.3 is 0 Å². The second-order valence-electron chi connectivity index (χ2n) is 6.05. The van der Waals surface area contributed by atoms with E-state index in [4.69, 9.17) is 5.73 Å². The molecule has 1 amide bonds. The molecule has 2 heterocycles. The van der Waals surface area contributed by atoms with Gasteiger partial charge in [-0.1, -0.05) is 0 Å². The fourth-order valence-corrected chi connectivity index (χ4v) is 3.25. The number of nitrogens with two attached hydrogens (primary N) is 1. The molecule has 0 radical (unpaired) electrons. The van der Waals surface area contributed by atoms with E-state index in [1.54, 1.807) is 13.8 Å². The number of nitrogens with zero attached hydrogens (tertiary/aromatic N) is 3. The van der Waals surface area contributed by atoms with Crippen LogP contribution in [-0.2, 0) is 6.42 Å². The molecule has 7 heteroatoms. The van der Waals surface area contributed by atoms with Gasteiger partial charge in [-0.2, -0.15) is 0 Å². The Morgan fingerprint density at radius 2 is 2.10 bits per heavy atom. The average Bonchev–Trinajstić information content (AvgIpc) is 2.86. The minimum Gasteiger partial charge on any atom is -0.389 e. The number of rotatable bonds is 5. The van der Waals surface area contributed by atoms with Crippen molar-refractivity contribution >= 4 is 17.2 Å². The van der Waals surface area contributed by atoms with E-state index in [1.165, 1.54) is 11.3 Å². The van der Waals surface area contributed by atoms with Crippen molar-refractivity contribution in [2.24, 2.45) is 5.73 Å². The zero-order valence-electron chi connectivity index (χ0n) is 12.7. The number of carbonyl (C=O) groups excluding carboxylic acids is 1. The number of hydrogen-bond acceptors (Lipinski definition) is 6. The van der Waals surface area contributed by atoms with Gasteiger partial charge in [-0.15, -0.1) is 11.3 Å². The molecule has 0 aromatic carbocycles. The van der Waals surface area contributed by atoms with Gasteiger partial charge in [0.1, 0.15) is 5.69 Å². The number of β-amino-alcohol motifs (C(OH)–C–C–N with tert-alkyl or cyclic N) is 1. The molecule has 1 aliphatic heterocycles. The van der Waals surface area contributed by atoms with Crippen molar-refractivity contribution in [3.05, 3.63) is 16.1 Å². The summed E-state index contributed by atoms with van der Waals surface area (Å²) in [6.07, 6.45) is 0.720. The summed E-state index contributed by atoms with van der Waals surface area (Å²) in [6, 6.07) is 0. The second-order valence-corrected chi connectivity index (χ2v) is 6.99. The number of hydrogen-bond donors (Lipinski definition) is 2. The molecule has 21 heavy (non-hydrogen) atoms. The minimum atomic E-state index is -0.696. The zero-order chi connectivity index (χ0) is 15.5. The minimum absolute atomic E-state index is 0.00238. The number of thiazole rings is 1. The van der Waals surface area contributed by atoms with Crippen molar-refractivity contribution in [3.63, 3.8) is 0 Å². The summed E-state index contributed by atoms with van der Waals surface area (Å²) in [6.45, 7) is 7.73. The van der Waals surface area contributed by atoms with E-state index in [0.717, 1.165) is 24.5 Å². The highest BCUT2D eigenvalue weighted by molar-refractivity contribution is 7.09. The van der Waals surface area contributed by atoms with Crippen LogP contribution in [0.2, 0.25) is 0 Å². The van der Waals surface area contributed by atoms with Gasteiger partial charge in [0.15, 0.2) is 0 Å². The van der Waals surface area contributed by atoms with Crippen LogP contribution in [0, 0.1) is 0 Å². The largest absolute Gasteiger partial charge is 0.389 e. The number of aromatic nitrogens is 1. The third kappa shape index (κ3) is 4.74. The topological polar surface area (TPSA) is 82.7 Å². The van der Waals surface area contributed by atoms with Gasteiger partial charge in [0.05, 0.1) is 10.6 Å². The molecule has 0 unspecified atom stereocenters. The third-order valence-electron chi connectivity index (χ3n) is 3.40. The summed E-state index contributed by atoms with van der Waals surface area (Å²) in [4.78, 5) is 20.7. The molecule has 0 aliphatic carbocycles. The molecule has 0 spiro atoms. The summed E-state index contributed by atoms with van der Waals surface area (Å²) in [5, 5.41) is 12.6. The van der Waals surface area contributed by atoms with Crippen molar-refractivity contribution < 1.29 is 9.90 Å². The molecule has 6 nitrogen and oxygen atoms in total. The molecule has 0 atom stereocenters. The molecule has 2 rings (SSSR count). The van der Waals surface area contributed by atoms with Gasteiger partial charge in [-0.25, -0.2) is 4.98 Å². The highest BCUT2D eigenvalue weighted by atomic mass is 32.1. The first-order valence-electron chi connectivity index (χ1n) is 7.27. The Bertz CT molecular complexity index is 476. The van der Waals surface area contributed by atoms with Crippen molar-refractivity contribution in [2.45, 2.75) is 25.9 Å². The van der Waals surface area contributed by atoms with E-state index in [9.17, 15) is 9.90 Å². The van der Waals surface area contributed by atoms with E-state index in [1.807, 2.05) is 10.3 Å². The molecule has 118 valence electrons. The molecule has 1 aliphatic rings. The third-order valence-corrected chi connectivity index (χ3v) is 4.31. The number of piperazine rings is 1. The van der Waals surface area contributed by atoms with Crippen LogP contribution in [-0.4, -0.2) is 70.7 Å². The molecule has 1 saturated heterocycles. The maximum Gasteiger partial charge on any atom is 0.273 e. The summed E-state index contributed by atoms with van der Waals surface area (Å²) in [7, 11) is 0. The van der Waals surface area contributed by atoms with Crippen LogP contribution < -0.4 is 5.73 Å². The standard InChI is InChI=1S/C14H24N4O2S/c1-14(2,20)10-17-5-7-18(8-6-17)13(19)11-9-21-12(16-11)3-4-15/h9,20H,3-8,10,15H2,1-2H3. The van der Waals surface area contributed by atoms with Crippen LogP contribution in [0.15, 0.2) is 5.38 Å². The highest BCUT2D eigenvalue weighted by Gasteiger charge is 2.26. The second kappa shape index (κ2) is 6.83. The predicted octanol–water partition coefficient (Wildman–Crippen LogP) is 0.173. The summed E-state index contributed by atoms with van der Waals surface area (Å²) in [5.74, 6) is -0.00238. The molecule has 3 N–H and O–H groups in total. The summed E-state index contributed by atoms with van der Waals surface area (Å²) >= 11 is 1.49. The van der Waals surface area contributed by atoms with Gasteiger partial charge in [-0.05, 0) is 20.4 Å². The smallest absolute Gasteiger partial charge is 0.273 e. The van der Waals surface area contributed by atoms with Gasteiger partial charge in [0, 0.05) is 44.5 Å². The lowest BCUT2D eigenvalue weighted by Gasteiger charge is -2.37. The first-order valence-corrected chi connectivity index (χ1v) is 8.15. The van der Waals surface area contributed by atoms with Gasteiger partial charge < -0.3 is 15.7 Å². The molecule has 1 aromatic heterocycles. The Labute approximate surface area is 129 Å². The lowest BCUT2D eigenvalue weighted by molar-refractivity contribution is 0.0177. The lowest BCUT2D eigenvalue weighted by Crippen LogP contribution is -2.52. The van der Waals surface area contributed by atoms with E-state index < -0.39 is 5.60 Å². The van der Waals surface area contributed by atoms with Crippen LogP contribution in [0.3, 0.4) is 0 Å². The van der Waals surface area contributed by atoms with Gasteiger partial charge in [-0.3, -0.25) is 9.69 Å². The average molecular weight is 312 g/mol. The maximum atomic E-state index is 12.4. The van der Waals surface area contributed by atoms with Crippen molar-refractivity contribution in [3.8, 4) is 0 Å². The normalized spacial score (nSPS) is 17.2. The van der Waals surface area contributed by atoms with E-state index >= 15 is 0 Å². The number of amides is 1. The molecular weight excluding hydrogens is 288 g/mol. The van der Waals surface area contributed by atoms with E-state index in [2.05, 4.69) is 9.88 Å². The fourth-order valence-electron chi connectivity index (χ4n) is 2.47. The van der Waals surface area contributed by atoms with Crippen molar-refractivity contribution in [2.75, 3.05) is 39.3 Å². The molecule has 1 aromatic rings. The Balaban J connectivity index is 1.87. The van der Waals surface area contributed by atoms with Crippen LogP contribution in [0.5, 0.6) is 0 Å². The molecule has 1 fully saturated rings. The Morgan fingerprint density at radius 1 is 1.43 bits per heavy atom. The van der Waals surface area contributed by atoms with Crippen LogP contribution in [0.4, 0.5) is 0 Å². The molecule has 0 bridgehead atoms. The van der Waals surface area contributed by atoms with Crippen molar-refractivity contribution in [1.82, 2.24) is 14.8 Å².